The Morgan fingerprint density at radius 2 is 1.89 bits per heavy atom. The highest BCUT2D eigenvalue weighted by molar-refractivity contribution is 5.78. The Morgan fingerprint density at radius 1 is 1.07 bits per heavy atom. The molecular weight excluding hydrogens is 361 g/mol. The summed E-state index contributed by atoms with van der Waals surface area (Å²) in [5.41, 5.74) is 2.05. The second-order valence-electron chi connectivity index (χ2n) is 6.35. The molecule has 28 heavy (non-hydrogen) atoms. The minimum Gasteiger partial charge on any atom is -0.476 e. The van der Waals surface area contributed by atoms with E-state index in [0.29, 0.717) is 48.5 Å². The fraction of sp³-hybridized carbons (Fsp3) is 0.450. The van der Waals surface area contributed by atoms with Gasteiger partial charge in [0.05, 0.1) is 12.9 Å². The number of nitrogens with one attached hydrogen (secondary N) is 1. The van der Waals surface area contributed by atoms with Crippen LogP contribution in [0.5, 0.6) is 5.88 Å². The van der Waals surface area contributed by atoms with Crippen molar-refractivity contribution < 1.29 is 13.9 Å². The van der Waals surface area contributed by atoms with Crippen molar-refractivity contribution in [2.45, 2.75) is 39.7 Å². The standard InChI is InChI=1S/C20H26FN5O2/c1-3-5-11-26-14-22-17-18(26)24-20(23-16-9-7-15(21)8-10-16)25-19(17)28-13-6-12-27-4-2/h7-10,14H,3-6,11-13H2,1-2H3,(H,23,24,25). The van der Waals surface area contributed by atoms with Crippen molar-refractivity contribution >= 4 is 22.8 Å². The number of imidazole rings is 1. The van der Waals surface area contributed by atoms with Gasteiger partial charge in [-0.1, -0.05) is 13.3 Å². The number of unbranched alkanes of at least 4 members (excludes halogenated alkanes) is 1. The van der Waals surface area contributed by atoms with Crippen LogP contribution >= 0.6 is 0 Å². The molecule has 0 saturated carbocycles. The molecule has 8 heteroatoms. The Bertz CT molecular complexity index is 882. The number of benzene rings is 1. The van der Waals surface area contributed by atoms with Gasteiger partial charge in [-0.15, -0.1) is 0 Å². The molecule has 0 unspecified atom stereocenters. The average Bonchev–Trinajstić information content (AvgIpc) is 3.11. The third-order valence-corrected chi connectivity index (χ3v) is 4.16. The fourth-order valence-electron chi connectivity index (χ4n) is 2.70. The lowest BCUT2D eigenvalue weighted by Gasteiger charge is -2.10. The lowest BCUT2D eigenvalue weighted by atomic mass is 10.3. The summed E-state index contributed by atoms with van der Waals surface area (Å²) >= 11 is 0. The second-order valence-corrected chi connectivity index (χ2v) is 6.35. The van der Waals surface area contributed by atoms with Gasteiger partial charge >= 0.3 is 0 Å². The molecule has 1 N–H and O–H groups in total. The molecule has 0 atom stereocenters. The van der Waals surface area contributed by atoms with Crippen LogP contribution in [0.1, 0.15) is 33.1 Å². The van der Waals surface area contributed by atoms with Crippen molar-refractivity contribution in [3.8, 4) is 5.88 Å². The monoisotopic (exact) mass is 387 g/mol. The van der Waals surface area contributed by atoms with Crippen LogP contribution in [0.15, 0.2) is 30.6 Å². The summed E-state index contributed by atoms with van der Waals surface area (Å²) in [5, 5.41) is 3.11. The van der Waals surface area contributed by atoms with Crippen molar-refractivity contribution in [1.29, 1.82) is 0 Å². The van der Waals surface area contributed by atoms with Crippen molar-refractivity contribution in [3.63, 3.8) is 0 Å². The van der Waals surface area contributed by atoms with Crippen LogP contribution in [0.25, 0.3) is 11.2 Å². The highest BCUT2D eigenvalue weighted by atomic mass is 19.1. The lowest BCUT2D eigenvalue weighted by Crippen LogP contribution is -2.07. The van der Waals surface area contributed by atoms with E-state index >= 15 is 0 Å². The molecule has 3 aromatic rings. The molecule has 0 aliphatic rings. The van der Waals surface area contributed by atoms with E-state index in [0.717, 1.165) is 25.8 Å². The zero-order valence-corrected chi connectivity index (χ0v) is 16.3. The second kappa shape index (κ2) is 9.98. The number of rotatable bonds is 11. The molecule has 0 saturated heterocycles. The first kappa shape index (κ1) is 20.0. The van der Waals surface area contributed by atoms with E-state index in [-0.39, 0.29) is 5.82 Å². The summed E-state index contributed by atoms with van der Waals surface area (Å²) in [6.07, 6.45) is 4.63. The van der Waals surface area contributed by atoms with Gasteiger partial charge in [-0.25, -0.2) is 9.37 Å². The van der Waals surface area contributed by atoms with Crippen molar-refractivity contribution in [3.05, 3.63) is 36.4 Å². The Balaban J connectivity index is 1.85. The molecule has 7 nitrogen and oxygen atoms in total. The van der Waals surface area contributed by atoms with E-state index in [1.807, 2.05) is 11.5 Å². The van der Waals surface area contributed by atoms with E-state index in [1.54, 1.807) is 18.5 Å². The van der Waals surface area contributed by atoms with Gasteiger partial charge < -0.3 is 19.4 Å². The van der Waals surface area contributed by atoms with E-state index in [4.69, 9.17) is 9.47 Å². The molecule has 0 bridgehead atoms. The number of anilines is 2. The van der Waals surface area contributed by atoms with Crippen LogP contribution in [0.2, 0.25) is 0 Å². The Morgan fingerprint density at radius 3 is 2.64 bits per heavy atom. The zero-order valence-electron chi connectivity index (χ0n) is 16.3. The zero-order chi connectivity index (χ0) is 19.8. The first-order valence-electron chi connectivity index (χ1n) is 9.67. The molecule has 0 amide bonds. The van der Waals surface area contributed by atoms with Gasteiger partial charge in [0.1, 0.15) is 5.82 Å². The maximum absolute atomic E-state index is 13.2. The highest BCUT2D eigenvalue weighted by Crippen LogP contribution is 2.25. The summed E-state index contributed by atoms with van der Waals surface area (Å²) in [7, 11) is 0. The largest absolute Gasteiger partial charge is 0.476 e. The van der Waals surface area contributed by atoms with Gasteiger partial charge in [0.15, 0.2) is 11.2 Å². The molecule has 0 aliphatic carbocycles. The number of aromatic nitrogens is 4. The molecule has 2 heterocycles. The molecule has 2 aromatic heterocycles. The van der Waals surface area contributed by atoms with Gasteiger partial charge in [-0.3, -0.25) is 0 Å². The Kier molecular flexibility index (Phi) is 7.13. The third-order valence-electron chi connectivity index (χ3n) is 4.16. The first-order chi connectivity index (χ1) is 13.7. The predicted molar refractivity (Wildman–Crippen MR) is 107 cm³/mol. The number of halogens is 1. The number of aryl methyl sites for hydroxylation is 1. The number of nitrogens with zero attached hydrogens (tertiary/aromatic N) is 4. The SMILES string of the molecule is CCCCn1cnc2c(OCCCOCC)nc(Nc3ccc(F)cc3)nc21. The van der Waals surface area contributed by atoms with Crippen molar-refractivity contribution in [2.75, 3.05) is 25.1 Å². The smallest absolute Gasteiger partial charge is 0.247 e. The molecular formula is C20H26FN5O2. The normalized spacial score (nSPS) is 11.1. The van der Waals surface area contributed by atoms with E-state index < -0.39 is 0 Å². The summed E-state index contributed by atoms with van der Waals surface area (Å²) in [6, 6.07) is 6.05. The van der Waals surface area contributed by atoms with Crippen LogP contribution in [0, 0.1) is 5.82 Å². The van der Waals surface area contributed by atoms with Gasteiger partial charge in [-0.2, -0.15) is 9.97 Å². The summed E-state index contributed by atoms with van der Waals surface area (Å²) in [6.45, 7) is 6.73. The molecule has 0 aliphatic heterocycles. The molecule has 150 valence electrons. The van der Waals surface area contributed by atoms with E-state index in [9.17, 15) is 4.39 Å². The van der Waals surface area contributed by atoms with E-state index in [2.05, 4.69) is 27.2 Å². The minimum absolute atomic E-state index is 0.294. The highest BCUT2D eigenvalue weighted by Gasteiger charge is 2.15. The predicted octanol–water partition coefficient (Wildman–Crippen LogP) is 4.31. The Hall–Kier alpha value is -2.74. The fourth-order valence-corrected chi connectivity index (χ4v) is 2.70. The minimum atomic E-state index is -0.294. The van der Waals surface area contributed by atoms with Crippen LogP contribution in [-0.4, -0.2) is 39.3 Å². The van der Waals surface area contributed by atoms with Crippen molar-refractivity contribution in [1.82, 2.24) is 19.5 Å². The van der Waals surface area contributed by atoms with Crippen LogP contribution in [0.3, 0.4) is 0 Å². The number of ether oxygens (including phenoxy) is 2. The summed E-state index contributed by atoms with van der Waals surface area (Å²) in [5.74, 6) is 0.524. The van der Waals surface area contributed by atoms with Gasteiger partial charge in [0.2, 0.25) is 11.8 Å². The van der Waals surface area contributed by atoms with E-state index in [1.165, 1.54) is 12.1 Å². The van der Waals surface area contributed by atoms with Crippen molar-refractivity contribution in [2.24, 2.45) is 0 Å². The quantitative estimate of drug-likeness (QED) is 0.494. The Labute approximate surface area is 163 Å². The molecule has 0 spiro atoms. The molecule has 1 aromatic carbocycles. The summed E-state index contributed by atoms with van der Waals surface area (Å²) < 4.78 is 26.4. The van der Waals surface area contributed by atoms with Gasteiger partial charge in [0.25, 0.3) is 0 Å². The first-order valence-corrected chi connectivity index (χ1v) is 9.67. The number of hydrogen-bond acceptors (Lipinski definition) is 6. The van der Waals surface area contributed by atoms with Crippen LogP contribution in [0.4, 0.5) is 16.0 Å². The molecule has 0 fully saturated rings. The topological polar surface area (TPSA) is 74.1 Å². The van der Waals surface area contributed by atoms with Gasteiger partial charge in [-0.05, 0) is 37.6 Å². The lowest BCUT2D eigenvalue weighted by molar-refractivity contribution is 0.130. The third kappa shape index (κ3) is 5.16. The molecule has 0 radical (unpaired) electrons. The maximum Gasteiger partial charge on any atom is 0.247 e. The van der Waals surface area contributed by atoms with Gasteiger partial charge in [0, 0.05) is 31.9 Å². The summed E-state index contributed by atoms with van der Waals surface area (Å²) in [4.78, 5) is 13.5. The average molecular weight is 387 g/mol. The maximum atomic E-state index is 13.2. The number of fused-ring (bicyclic) bond motifs is 1. The number of hydrogen-bond donors (Lipinski definition) is 1. The van der Waals surface area contributed by atoms with Crippen LogP contribution < -0.4 is 10.1 Å². The molecule has 3 rings (SSSR count). The van der Waals surface area contributed by atoms with Crippen LogP contribution in [-0.2, 0) is 11.3 Å².